The first kappa shape index (κ1) is 23.1. The molecule has 0 saturated heterocycles. The molecule has 0 amide bonds. The summed E-state index contributed by atoms with van der Waals surface area (Å²) in [7, 11) is -3.22. The lowest BCUT2D eigenvalue weighted by atomic mass is 10.2. The fraction of sp³-hybridized carbons (Fsp3) is 0.292. The molecule has 2 aromatic heterocycles. The summed E-state index contributed by atoms with van der Waals surface area (Å²) in [4.78, 5) is 10.2. The van der Waals surface area contributed by atoms with Crippen molar-refractivity contribution in [3.63, 3.8) is 0 Å². The van der Waals surface area contributed by atoms with Gasteiger partial charge in [0, 0.05) is 29.5 Å². The maximum atomic E-state index is 11.7. The smallest absolute Gasteiger partial charge is 0.229 e. The van der Waals surface area contributed by atoms with Crippen molar-refractivity contribution in [3.8, 4) is 27.7 Å². The Labute approximate surface area is 197 Å². The lowest BCUT2D eigenvalue weighted by Crippen LogP contribution is -2.04. The molecule has 9 heteroatoms. The van der Waals surface area contributed by atoms with Crippen molar-refractivity contribution in [2.24, 2.45) is 0 Å². The molecule has 4 rings (SSSR count). The number of sulfone groups is 1. The maximum absolute atomic E-state index is 11.7. The summed E-state index contributed by atoms with van der Waals surface area (Å²) >= 11 is 1.54. The minimum Gasteiger partial charge on any atom is -0.485 e. The maximum Gasteiger partial charge on any atom is 0.229 e. The van der Waals surface area contributed by atoms with E-state index < -0.39 is 9.84 Å². The summed E-state index contributed by atoms with van der Waals surface area (Å²) in [6, 6.07) is 14.4. The molecule has 7 nitrogen and oxygen atoms in total. The molecule has 4 aromatic rings. The predicted octanol–water partition coefficient (Wildman–Crippen LogP) is 5.92. The average Bonchev–Trinajstić information content (AvgIpc) is 3.48. The molecule has 172 valence electrons. The summed E-state index contributed by atoms with van der Waals surface area (Å²) in [5.41, 5.74) is 1.74. The van der Waals surface area contributed by atoms with Crippen LogP contribution in [0.25, 0.3) is 22.0 Å². The third-order valence-corrected chi connectivity index (χ3v) is 7.33. The summed E-state index contributed by atoms with van der Waals surface area (Å²) in [5.74, 6) is 2.10. The molecular formula is C24H25N3O4S2. The zero-order valence-corrected chi connectivity index (χ0v) is 20.5. The lowest BCUT2D eigenvalue weighted by Gasteiger charge is -2.15. The van der Waals surface area contributed by atoms with Crippen molar-refractivity contribution < 1.29 is 17.7 Å². The van der Waals surface area contributed by atoms with Gasteiger partial charge < -0.3 is 9.26 Å². The van der Waals surface area contributed by atoms with Crippen LogP contribution in [0.5, 0.6) is 5.75 Å². The molecule has 0 fully saturated rings. The second kappa shape index (κ2) is 9.44. The number of nitrogens with zero attached hydrogens (tertiary/aromatic N) is 3. The molecule has 0 radical (unpaired) electrons. The van der Waals surface area contributed by atoms with Crippen LogP contribution in [-0.4, -0.2) is 29.8 Å². The average molecular weight is 484 g/mol. The Morgan fingerprint density at radius 3 is 2.27 bits per heavy atom. The van der Waals surface area contributed by atoms with Gasteiger partial charge in [0.25, 0.3) is 0 Å². The van der Waals surface area contributed by atoms with E-state index in [1.54, 1.807) is 24.3 Å². The lowest BCUT2D eigenvalue weighted by molar-refractivity contribution is 0.205. The number of aromatic nitrogens is 3. The third kappa shape index (κ3) is 5.31. The molecule has 0 spiro atoms. The summed E-state index contributed by atoms with van der Waals surface area (Å²) in [5, 5.41) is 4.87. The second-order valence-electron chi connectivity index (χ2n) is 8.01. The van der Waals surface area contributed by atoms with E-state index in [1.807, 2.05) is 44.3 Å². The van der Waals surface area contributed by atoms with E-state index in [-0.39, 0.29) is 12.0 Å². The van der Waals surface area contributed by atoms with E-state index in [9.17, 15) is 8.42 Å². The van der Waals surface area contributed by atoms with Crippen LogP contribution in [0.15, 0.2) is 64.1 Å². The van der Waals surface area contributed by atoms with Gasteiger partial charge >= 0.3 is 0 Å². The minimum atomic E-state index is -3.22. The molecule has 0 aliphatic rings. The Hall–Kier alpha value is -3.04. The fourth-order valence-electron chi connectivity index (χ4n) is 3.19. The van der Waals surface area contributed by atoms with Crippen LogP contribution in [-0.2, 0) is 9.84 Å². The van der Waals surface area contributed by atoms with Gasteiger partial charge in [-0.25, -0.2) is 13.4 Å². The first-order valence-corrected chi connectivity index (χ1v) is 13.3. The summed E-state index contributed by atoms with van der Waals surface area (Å²) in [6.07, 6.45) is 3.65. The van der Waals surface area contributed by atoms with E-state index in [0.717, 1.165) is 33.2 Å². The van der Waals surface area contributed by atoms with Crippen molar-refractivity contribution >= 4 is 21.2 Å². The van der Waals surface area contributed by atoms with E-state index in [1.165, 1.54) is 17.6 Å². The zero-order chi connectivity index (χ0) is 23.6. The first-order valence-electron chi connectivity index (χ1n) is 10.6. The molecule has 1 unspecified atom stereocenters. The Bertz CT molecular complexity index is 1320. The molecular weight excluding hydrogens is 458 g/mol. The summed E-state index contributed by atoms with van der Waals surface area (Å²) in [6.45, 7) is 6.08. The van der Waals surface area contributed by atoms with E-state index >= 15 is 0 Å². The minimum absolute atomic E-state index is 0.143. The number of hydrogen-bond donors (Lipinski definition) is 0. The van der Waals surface area contributed by atoms with Crippen LogP contribution in [0.3, 0.4) is 0 Å². The highest BCUT2D eigenvalue weighted by atomic mass is 32.2. The largest absolute Gasteiger partial charge is 0.485 e. The van der Waals surface area contributed by atoms with Crippen LogP contribution in [0, 0.1) is 0 Å². The highest BCUT2D eigenvalue weighted by molar-refractivity contribution is 7.90. The molecule has 1 atom stereocenters. The fourth-order valence-corrected chi connectivity index (χ4v) is 4.85. The van der Waals surface area contributed by atoms with E-state index in [2.05, 4.69) is 22.0 Å². The van der Waals surface area contributed by atoms with Gasteiger partial charge in [0.1, 0.15) is 16.9 Å². The van der Waals surface area contributed by atoms with Crippen LogP contribution in [0.2, 0.25) is 0 Å². The van der Waals surface area contributed by atoms with Gasteiger partial charge in [0.05, 0.1) is 9.77 Å². The van der Waals surface area contributed by atoms with Crippen LogP contribution in [0.4, 0.5) is 0 Å². The molecule has 2 aromatic carbocycles. The molecule has 33 heavy (non-hydrogen) atoms. The number of hydrogen-bond acceptors (Lipinski definition) is 8. The van der Waals surface area contributed by atoms with Gasteiger partial charge in [0.15, 0.2) is 9.84 Å². The third-order valence-electron chi connectivity index (χ3n) is 5.07. The second-order valence-corrected chi connectivity index (χ2v) is 11.1. The first-order chi connectivity index (χ1) is 15.7. The van der Waals surface area contributed by atoms with Gasteiger partial charge in [-0.2, -0.15) is 4.98 Å². The number of benzene rings is 2. The Morgan fingerprint density at radius 1 is 1.03 bits per heavy atom. The van der Waals surface area contributed by atoms with Crippen molar-refractivity contribution in [1.29, 1.82) is 0 Å². The number of ether oxygens (including phenoxy) is 1. The highest BCUT2D eigenvalue weighted by Gasteiger charge is 2.17. The van der Waals surface area contributed by atoms with Gasteiger partial charge in [-0.15, -0.1) is 11.3 Å². The summed E-state index contributed by atoms with van der Waals surface area (Å²) < 4.78 is 34.9. The van der Waals surface area contributed by atoms with Crippen LogP contribution >= 0.6 is 11.3 Å². The molecule has 0 saturated carbocycles. The van der Waals surface area contributed by atoms with Gasteiger partial charge in [-0.1, -0.05) is 38.1 Å². The SMILES string of the molecule is CCC(Oc1ccc(-c2noc(C(C)C)n2)cc1)c1cnc(-c2ccc(S(C)(=O)=O)cc2)s1. The zero-order valence-electron chi connectivity index (χ0n) is 18.8. The van der Waals surface area contributed by atoms with Gasteiger partial charge in [-0.05, 0) is 42.8 Å². The van der Waals surface area contributed by atoms with Crippen LogP contribution in [0.1, 0.15) is 50.0 Å². The van der Waals surface area contributed by atoms with Crippen molar-refractivity contribution in [1.82, 2.24) is 15.1 Å². The molecule has 2 heterocycles. The molecule has 0 N–H and O–H groups in total. The predicted molar refractivity (Wildman–Crippen MR) is 128 cm³/mol. The Balaban J connectivity index is 1.47. The topological polar surface area (TPSA) is 95.2 Å². The van der Waals surface area contributed by atoms with Gasteiger partial charge in [-0.3, -0.25) is 0 Å². The monoisotopic (exact) mass is 483 g/mol. The van der Waals surface area contributed by atoms with E-state index in [4.69, 9.17) is 9.26 Å². The van der Waals surface area contributed by atoms with Crippen molar-refractivity contribution in [3.05, 3.63) is 65.5 Å². The molecule has 0 aliphatic heterocycles. The van der Waals surface area contributed by atoms with Crippen molar-refractivity contribution in [2.75, 3.05) is 6.26 Å². The highest BCUT2D eigenvalue weighted by Crippen LogP contribution is 2.34. The van der Waals surface area contributed by atoms with E-state index in [0.29, 0.717) is 16.6 Å². The normalized spacial score (nSPS) is 12.8. The molecule has 0 aliphatic carbocycles. The number of rotatable bonds is 8. The van der Waals surface area contributed by atoms with Gasteiger partial charge in [0.2, 0.25) is 11.7 Å². The van der Waals surface area contributed by atoms with Crippen LogP contribution < -0.4 is 4.74 Å². The Kier molecular flexibility index (Phi) is 6.62. The van der Waals surface area contributed by atoms with Crippen molar-refractivity contribution in [2.45, 2.75) is 44.1 Å². The standard InChI is InChI=1S/C24H25N3O4S2/c1-5-20(21-14-25-24(32-21)17-8-12-19(13-9-17)33(4,28)29)30-18-10-6-16(7-11-18)22-26-23(15(2)3)31-27-22/h6-15,20H,5H2,1-4H3. The Morgan fingerprint density at radius 2 is 1.70 bits per heavy atom. The quantitative estimate of drug-likeness (QED) is 0.307. The molecule has 0 bridgehead atoms. The number of thiazole rings is 1.